The summed E-state index contributed by atoms with van der Waals surface area (Å²) in [5.74, 6) is 0.928. The molecular weight excluding hydrogens is 216 g/mol. The van der Waals surface area contributed by atoms with Crippen LogP contribution < -0.4 is 0 Å². The maximum Gasteiger partial charge on any atom is 0.0760 e. The Morgan fingerprint density at radius 2 is 2.06 bits per heavy atom. The van der Waals surface area contributed by atoms with Gasteiger partial charge in [0.2, 0.25) is 0 Å². The third kappa shape index (κ3) is 2.89. The average molecular weight is 234 g/mol. The maximum absolute atomic E-state index is 9.95. The van der Waals surface area contributed by atoms with E-state index in [1.807, 2.05) is 17.8 Å². The third-order valence-corrected chi connectivity index (χ3v) is 4.18. The molecule has 0 aromatic heterocycles. The van der Waals surface area contributed by atoms with Gasteiger partial charge in [-0.25, -0.2) is 0 Å². The number of hydrogen-bond acceptors (Lipinski definition) is 2. The molecule has 16 heavy (non-hydrogen) atoms. The Morgan fingerprint density at radius 3 is 2.75 bits per heavy atom. The van der Waals surface area contributed by atoms with Gasteiger partial charge in [0.1, 0.15) is 0 Å². The van der Waals surface area contributed by atoms with Gasteiger partial charge in [0, 0.05) is 10.6 Å². The van der Waals surface area contributed by atoms with E-state index in [1.54, 1.807) is 0 Å². The van der Waals surface area contributed by atoms with Gasteiger partial charge in [-0.2, -0.15) is 0 Å². The quantitative estimate of drug-likeness (QED) is 0.636. The molecule has 0 bridgehead atoms. The van der Waals surface area contributed by atoms with Gasteiger partial charge in [0.05, 0.1) is 6.10 Å². The number of allylic oxidation sites excluding steroid dienone is 1. The van der Waals surface area contributed by atoms with Crippen LogP contribution in [0.15, 0.2) is 46.4 Å². The highest BCUT2D eigenvalue weighted by molar-refractivity contribution is 7.99. The van der Waals surface area contributed by atoms with E-state index < -0.39 is 0 Å². The zero-order valence-corrected chi connectivity index (χ0v) is 10.5. The van der Waals surface area contributed by atoms with Gasteiger partial charge in [-0.15, -0.1) is 11.8 Å². The molecule has 0 saturated heterocycles. The van der Waals surface area contributed by atoms with Crippen molar-refractivity contribution >= 4 is 11.8 Å². The summed E-state index contributed by atoms with van der Waals surface area (Å²) in [5.41, 5.74) is 2.64. The summed E-state index contributed by atoms with van der Waals surface area (Å²) in [6, 6.07) is 10.4. The molecule has 0 heterocycles. The summed E-state index contributed by atoms with van der Waals surface area (Å²) in [6.07, 6.45) is 3.01. The van der Waals surface area contributed by atoms with E-state index in [0.717, 1.165) is 25.0 Å². The van der Waals surface area contributed by atoms with E-state index in [-0.39, 0.29) is 6.10 Å². The largest absolute Gasteiger partial charge is 0.389 e. The predicted octanol–water partition coefficient (Wildman–Crippen LogP) is 3.64. The van der Waals surface area contributed by atoms with Crippen molar-refractivity contribution in [3.63, 3.8) is 0 Å². The molecule has 0 aliphatic heterocycles. The fraction of sp³-hybridized carbons (Fsp3) is 0.429. The van der Waals surface area contributed by atoms with Crippen molar-refractivity contribution in [3.05, 3.63) is 41.5 Å². The van der Waals surface area contributed by atoms with Crippen molar-refractivity contribution < 1.29 is 5.11 Å². The molecule has 1 aliphatic carbocycles. The lowest BCUT2D eigenvalue weighted by Crippen LogP contribution is -2.18. The topological polar surface area (TPSA) is 20.2 Å². The van der Waals surface area contributed by atoms with Gasteiger partial charge in [0.25, 0.3) is 0 Å². The number of hydrogen-bond donors (Lipinski definition) is 1. The smallest absolute Gasteiger partial charge is 0.0760 e. The van der Waals surface area contributed by atoms with Gasteiger partial charge >= 0.3 is 0 Å². The van der Waals surface area contributed by atoms with E-state index in [2.05, 4.69) is 31.2 Å². The van der Waals surface area contributed by atoms with Gasteiger partial charge in [-0.3, -0.25) is 0 Å². The second-order valence-corrected chi connectivity index (χ2v) is 5.36. The monoisotopic (exact) mass is 234 g/mol. The molecule has 0 spiro atoms. The molecule has 1 unspecified atom stereocenters. The van der Waals surface area contributed by atoms with Crippen LogP contribution in [-0.4, -0.2) is 17.0 Å². The van der Waals surface area contributed by atoms with Crippen molar-refractivity contribution in [2.24, 2.45) is 0 Å². The summed E-state index contributed by atoms with van der Waals surface area (Å²) in [4.78, 5) is 1.28. The first-order chi connectivity index (χ1) is 7.77. The molecule has 1 N–H and O–H groups in total. The Hall–Kier alpha value is -0.730. The van der Waals surface area contributed by atoms with Crippen LogP contribution in [0.1, 0.15) is 26.2 Å². The molecule has 0 amide bonds. The highest BCUT2D eigenvalue weighted by atomic mass is 32.2. The molecule has 1 atom stereocenters. The van der Waals surface area contributed by atoms with Crippen LogP contribution in [0.5, 0.6) is 0 Å². The molecule has 1 nitrogen and oxygen atoms in total. The Morgan fingerprint density at radius 1 is 1.31 bits per heavy atom. The molecule has 1 aliphatic rings. The summed E-state index contributed by atoms with van der Waals surface area (Å²) >= 11 is 1.82. The molecule has 1 aromatic carbocycles. The minimum atomic E-state index is -0.204. The zero-order valence-electron chi connectivity index (χ0n) is 9.65. The van der Waals surface area contributed by atoms with Crippen LogP contribution in [-0.2, 0) is 0 Å². The minimum absolute atomic E-state index is 0.204. The first kappa shape index (κ1) is 11.7. The van der Waals surface area contributed by atoms with Crippen LogP contribution in [0, 0.1) is 0 Å². The highest BCUT2D eigenvalue weighted by Crippen LogP contribution is 2.29. The van der Waals surface area contributed by atoms with Gasteiger partial charge in [-0.05, 0) is 43.9 Å². The number of thioether (sulfide) groups is 1. The summed E-state index contributed by atoms with van der Waals surface area (Å²) in [6.45, 7) is 2.16. The summed E-state index contributed by atoms with van der Waals surface area (Å²) in [5, 5.41) is 9.95. The Labute approximate surface area is 102 Å². The summed E-state index contributed by atoms with van der Waals surface area (Å²) < 4.78 is 0. The fourth-order valence-electron chi connectivity index (χ4n) is 2.08. The number of rotatable bonds is 3. The fourth-order valence-corrected chi connectivity index (χ4v) is 3.19. The third-order valence-electron chi connectivity index (χ3n) is 3.12. The van der Waals surface area contributed by atoms with E-state index in [1.165, 1.54) is 16.0 Å². The first-order valence-corrected chi connectivity index (χ1v) is 6.80. The Balaban J connectivity index is 1.99. The molecule has 1 aromatic rings. The SMILES string of the molecule is CC1=C(CSc2ccccc2)C(O)CCC1. The highest BCUT2D eigenvalue weighted by Gasteiger charge is 2.18. The number of aliphatic hydroxyl groups excluding tert-OH is 1. The second kappa shape index (κ2) is 5.55. The molecular formula is C14H18OS. The van der Waals surface area contributed by atoms with Crippen LogP contribution >= 0.6 is 11.8 Å². The molecule has 86 valence electrons. The van der Waals surface area contributed by atoms with Crippen molar-refractivity contribution in [2.45, 2.75) is 37.2 Å². The van der Waals surface area contributed by atoms with Crippen LogP contribution in [0.4, 0.5) is 0 Å². The Bertz CT molecular complexity index is 370. The zero-order chi connectivity index (χ0) is 11.4. The van der Waals surface area contributed by atoms with Crippen LogP contribution in [0.25, 0.3) is 0 Å². The number of aliphatic hydroxyl groups is 1. The molecule has 0 saturated carbocycles. The lowest BCUT2D eigenvalue weighted by atomic mass is 9.91. The van der Waals surface area contributed by atoms with E-state index in [9.17, 15) is 5.11 Å². The molecule has 0 radical (unpaired) electrons. The molecule has 0 fully saturated rings. The average Bonchev–Trinajstić information content (AvgIpc) is 2.30. The summed E-state index contributed by atoms with van der Waals surface area (Å²) in [7, 11) is 0. The predicted molar refractivity (Wildman–Crippen MR) is 69.7 cm³/mol. The normalized spacial score (nSPS) is 21.2. The van der Waals surface area contributed by atoms with Crippen molar-refractivity contribution in [3.8, 4) is 0 Å². The molecule has 2 heteroatoms. The first-order valence-electron chi connectivity index (χ1n) is 5.82. The van der Waals surface area contributed by atoms with E-state index in [0.29, 0.717) is 0 Å². The standard InChI is InChI=1S/C14H18OS/c1-11-6-5-9-14(15)13(11)10-16-12-7-3-2-4-8-12/h2-4,7-8,14-15H,5-6,9-10H2,1H3. The number of benzene rings is 1. The molecule has 2 rings (SSSR count). The van der Waals surface area contributed by atoms with Crippen molar-refractivity contribution in [1.82, 2.24) is 0 Å². The van der Waals surface area contributed by atoms with E-state index in [4.69, 9.17) is 0 Å². The van der Waals surface area contributed by atoms with Gasteiger partial charge < -0.3 is 5.11 Å². The van der Waals surface area contributed by atoms with Crippen LogP contribution in [0.3, 0.4) is 0 Å². The van der Waals surface area contributed by atoms with Crippen molar-refractivity contribution in [2.75, 3.05) is 5.75 Å². The Kier molecular flexibility index (Phi) is 4.08. The lowest BCUT2D eigenvalue weighted by molar-refractivity contribution is 0.189. The minimum Gasteiger partial charge on any atom is -0.389 e. The maximum atomic E-state index is 9.95. The van der Waals surface area contributed by atoms with Gasteiger partial charge in [0.15, 0.2) is 0 Å². The second-order valence-electron chi connectivity index (χ2n) is 4.32. The van der Waals surface area contributed by atoms with Crippen molar-refractivity contribution in [1.29, 1.82) is 0 Å². The van der Waals surface area contributed by atoms with E-state index >= 15 is 0 Å². The lowest BCUT2D eigenvalue weighted by Gasteiger charge is -2.23. The van der Waals surface area contributed by atoms with Crippen LogP contribution in [0.2, 0.25) is 0 Å². The van der Waals surface area contributed by atoms with Gasteiger partial charge in [-0.1, -0.05) is 23.8 Å².